The van der Waals surface area contributed by atoms with E-state index in [1.165, 1.54) is 5.56 Å². The number of aliphatic hydroxyl groups excluding tert-OH is 1. The Bertz CT molecular complexity index is 856. The van der Waals surface area contributed by atoms with Crippen molar-refractivity contribution in [2.45, 2.75) is 57.2 Å². The van der Waals surface area contributed by atoms with Crippen LogP contribution in [0.3, 0.4) is 0 Å². The number of quaternary nitrogens is 1. The molecule has 1 aliphatic carbocycles. The fraction of sp³-hybridized carbons (Fsp3) is 0.538. The number of nitrogens with zero attached hydrogens (tertiary/aromatic N) is 1. The van der Waals surface area contributed by atoms with Crippen LogP contribution >= 0.6 is 11.6 Å². The van der Waals surface area contributed by atoms with Crippen molar-refractivity contribution in [3.63, 3.8) is 0 Å². The highest BCUT2D eigenvalue weighted by Crippen LogP contribution is 2.29. The van der Waals surface area contributed by atoms with E-state index in [4.69, 9.17) is 11.6 Å². The van der Waals surface area contributed by atoms with Gasteiger partial charge in [0.15, 0.2) is 0 Å². The number of hydroxylamine groups is 2. The van der Waals surface area contributed by atoms with Gasteiger partial charge in [-0.1, -0.05) is 49.7 Å². The number of nitrogens with one attached hydrogen (secondary N) is 2. The smallest absolute Gasteiger partial charge is 0.135 e. The van der Waals surface area contributed by atoms with Gasteiger partial charge in [0, 0.05) is 24.2 Å². The fourth-order valence-electron chi connectivity index (χ4n) is 5.21. The third kappa shape index (κ3) is 5.46. The third-order valence-electron chi connectivity index (χ3n) is 7.32. The molecule has 1 saturated heterocycles. The molecule has 0 bridgehead atoms. The largest absolute Gasteiger partial charge is 0.633 e. The molecule has 0 amide bonds. The normalized spacial score (nSPS) is 27.7. The van der Waals surface area contributed by atoms with Crippen molar-refractivity contribution in [1.29, 1.82) is 0 Å². The van der Waals surface area contributed by atoms with Crippen LogP contribution in [0.2, 0.25) is 5.02 Å². The number of likely N-dealkylation sites (tertiary alicyclic amines) is 1. The maximum absolute atomic E-state index is 13.0. The standard InChI is InChI=1S/C26H36ClN3O2/c1-18(2)24(17-29-13-11-20(12-14-29)19-7-9-21(27)10-8-19)28-16-22-15-26(31)23-5-3-4-6-25(23)30(22)32/h3-10,18,20,22,24-25,28,30-31H,11-17H2,1-2H3/t22?,24-,25?/m0/s1. The Morgan fingerprint density at radius 1 is 1.19 bits per heavy atom. The lowest BCUT2D eigenvalue weighted by Gasteiger charge is -2.42. The number of fused-ring (bicyclic) bond motifs is 1. The minimum Gasteiger partial charge on any atom is -0.633 e. The number of benzene rings is 1. The molecular weight excluding hydrogens is 422 g/mol. The fourth-order valence-corrected chi connectivity index (χ4v) is 5.34. The molecule has 1 aromatic rings. The summed E-state index contributed by atoms with van der Waals surface area (Å²) in [7, 11) is 0. The molecule has 3 unspecified atom stereocenters. The highest BCUT2D eigenvalue weighted by atomic mass is 35.5. The molecule has 3 N–H and O–H groups in total. The minimum absolute atomic E-state index is 0.170. The molecule has 0 spiro atoms. The van der Waals surface area contributed by atoms with E-state index in [1.54, 1.807) is 0 Å². The molecule has 4 atom stereocenters. The molecule has 1 aromatic carbocycles. The first-order valence-corrected chi connectivity index (χ1v) is 12.3. The van der Waals surface area contributed by atoms with Crippen molar-refractivity contribution in [1.82, 2.24) is 10.2 Å². The van der Waals surface area contributed by atoms with Crippen molar-refractivity contribution in [2.24, 2.45) is 5.92 Å². The molecule has 0 saturated carbocycles. The second-order valence-corrected chi connectivity index (χ2v) is 10.2. The topological polar surface area (TPSA) is 63.0 Å². The Morgan fingerprint density at radius 3 is 2.59 bits per heavy atom. The van der Waals surface area contributed by atoms with E-state index in [0.717, 1.165) is 43.1 Å². The summed E-state index contributed by atoms with van der Waals surface area (Å²) in [6.45, 7) is 8.27. The number of halogens is 1. The number of hydrogen-bond donors (Lipinski definition) is 3. The summed E-state index contributed by atoms with van der Waals surface area (Å²) < 4.78 is 0. The van der Waals surface area contributed by atoms with E-state index < -0.39 is 0 Å². The third-order valence-corrected chi connectivity index (χ3v) is 7.57. The monoisotopic (exact) mass is 457 g/mol. The van der Waals surface area contributed by atoms with Crippen LogP contribution in [-0.2, 0) is 0 Å². The zero-order chi connectivity index (χ0) is 22.7. The van der Waals surface area contributed by atoms with Crippen LogP contribution in [0.25, 0.3) is 0 Å². The van der Waals surface area contributed by atoms with Crippen LogP contribution in [0, 0.1) is 11.1 Å². The number of allylic oxidation sites excluding steroid dienone is 2. The number of piperidine rings is 1. The van der Waals surface area contributed by atoms with Gasteiger partial charge in [0.05, 0.1) is 12.0 Å². The summed E-state index contributed by atoms with van der Waals surface area (Å²) in [4.78, 5) is 2.55. The maximum Gasteiger partial charge on any atom is 0.135 e. The van der Waals surface area contributed by atoms with E-state index in [1.807, 2.05) is 36.4 Å². The summed E-state index contributed by atoms with van der Waals surface area (Å²) >= 11 is 6.04. The van der Waals surface area contributed by atoms with Crippen molar-refractivity contribution in [2.75, 3.05) is 26.2 Å². The van der Waals surface area contributed by atoms with Crippen LogP contribution in [0.1, 0.15) is 44.6 Å². The van der Waals surface area contributed by atoms with Crippen LogP contribution in [0.5, 0.6) is 0 Å². The van der Waals surface area contributed by atoms with Crippen molar-refractivity contribution in [3.05, 3.63) is 75.7 Å². The van der Waals surface area contributed by atoms with Gasteiger partial charge in [-0.2, -0.15) is 0 Å². The zero-order valence-electron chi connectivity index (χ0n) is 19.1. The second kappa shape index (κ2) is 10.5. The molecule has 6 heteroatoms. The van der Waals surface area contributed by atoms with Gasteiger partial charge in [0.25, 0.3) is 0 Å². The van der Waals surface area contributed by atoms with Gasteiger partial charge in [-0.25, -0.2) is 0 Å². The summed E-state index contributed by atoms with van der Waals surface area (Å²) in [5.74, 6) is 1.45. The minimum atomic E-state index is -0.287. The Hall–Kier alpha value is -1.63. The molecule has 0 radical (unpaired) electrons. The Labute approximate surface area is 197 Å². The summed E-state index contributed by atoms with van der Waals surface area (Å²) in [5.41, 5.74) is 2.17. The predicted molar refractivity (Wildman–Crippen MR) is 131 cm³/mol. The Morgan fingerprint density at radius 2 is 1.91 bits per heavy atom. The average molecular weight is 458 g/mol. The summed E-state index contributed by atoms with van der Waals surface area (Å²) in [6, 6.07) is 8.17. The molecule has 32 heavy (non-hydrogen) atoms. The van der Waals surface area contributed by atoms with Crippen LogP contribution < -0.4 is 10.4 Å². The van der Waals surface area contributed by atoms with Gasteiger partial charge in [0.2, 0.25) is 0 Å². The highest BCUT2D eigenvalue weighted by Gasteiger charge is 2.34. The molecule has 2 aliphatic heterocycles. The van der Waals surface area contributed by atoms with Gasteiger partial charge < -0.3 is 25.6 Å². The molecule has 4 rings (SSSR count). The van der Waals surface area contributed by atoms with Gasteiger partial charge in [-0.05, 0) is 67.6 Å². The van der Waals surface area contributed by atoms with Crippen LogP contribution in [0.4, 0.5) is 0 Å². The van der Waals surface area contributed by atoms with E-state index in [-0.39, 0.29) is 17.1 Å². The molecule has 2 heterocycles. The van der Waals surface area contributed by atoms with Crippen molar-refractivity contribution in [3.8, 4) is 0 Å². The zero-order valence-corrected chi connectivity index (χ0v) is 19.9. The van der Waals surface area contributed by atoms with E-state index >= 15 is 0 Å². The van der Waals surface area contributed by atoms with E-state index in [9.17, 15) is 10.3 Å². The van der Waals surface area contributed by atoms with Crippen LogP contribution in [-0.4, -0.2) is 54.3 Å². The van der Waals surface area contributed by atoms with Crippen LogP contribution in [0.15, 0.2) is 59.9 Å². The van der Waals surface area contributed by atoms with Gasteiger partial charge >= 0.3 is 0 Å². The molecular formula is C26H36ClN3O2. The van der Waals surface area contributed by atoms with Crippen molar-refractivity contribution < 1.29 is 10.2 Å². The molecule has 0 aromatic heterocycles. The lowest BCUT2D eigenvalue weighted by molar-refractivity contribution is -0.890. The average Bonchev–Trinajstić information content (AvgIpc) is 2.80. The maximum atomic E-state index is 13.0. The summed E-state index contributed by atoms with van der Waals surface area (Å²) in [6.07, 6.45) is 10.3. The Kier molecular flexibility index (Phi) is 7.74. The first kappa shape index (κ1) is 23.5. The van der Waals surface area contributed by atoms with Gasteiger partial charge in [0.1, 0.15) is 17.8 Å². The number of rotatable bonds is 7. The lowest BCUT2D eigenvalue weighted by Crippen LogP contribution is -3.16. The first-order valence-electron chi connectivity index (χ1n) is 11.9. The second-order valence-electron chi connectivity index (χ2n) is 9.81. The molecule has 1 fully saturated rings. The number of hydrogen-bond acceptors (Lipinski definition) is 4. The molecule has 174 valence electrons. The Balaban J connectivity index is 1.29. The first-order chi connectivity index (χ1) is 15.4. The predicted octanol–water partition coefficient (Wildman–Crippen LogP) is 3.60. The molecule has 5 nitrogen and oxygen atoms in total. The van der Waals surface area contributed by atoms with E-state index in [2.05, 4.69) is 36.2 Å². The SMILES string of the molecule is CC(C)[C@H](CN1CCC(c2ccc(Cl)cc2)CC1)NCC1CC(O)=C2C=CC=CC2[NH+]1[O-]. The summed E-state index contributed by atoms with van der Waals surface area (Å²) in [5, 5.41) is 28.1. The highest BCUT2D eigenvalue weighted by molar-refractivity contribution is 6.30. The van der Waals surface area contributed by atoms with E-state index in [0.29, 0.717) is 36.6 Å². The number of aliphatic hydroxyl groups is 1. The lowest BCUT2D eigenvalue weighted by atomic mass is 9.89. The van der Waals surface area contributed by atoms with Gasteiger partial charge in [-0.15, -0.1) is 0 Å². The van der Waals surface area contributed by atoms with Gasteiger partial charge in [-0.3, -0.25) is 0 Å². The molecule has 3 aliphatic rings. The quantitative estimate of drug-likeness (QED) is 0.547. The van der Waals surface area contributed by atoms with Crippen molar-refractivity contribution >= 4 is 11.6 Å².